The third-order valence-corrected chi connectivity index (χ3v) is 5.43. The number of H-pyrrole nitrogens is 1. The summed E-state index contributed by atoms with van der Waals surface area (Å²) in [5, 5.41) is 0. The molecule has 0 atom stereocenters. The number of benzene rings is 1. The van der Waals surface area contributed by atoms with Crippen molar-refractivity contribution in [1.82, 2.24) is 28.9 Å². The van der Waals surface area contributed by atoms with Gasteiger partial charge in [0.2, 0.25) is 0 Å². The first-order valence-electron chi connectivity index (χ1n) is 10.2. The lowest BCUT2D eigenvalue weighted by atomic mass is 10.2. The molecule has 1 saturated heterocycles. The number of rotatable bonds is 7. The maximum Gasteiger partial charge on any atom is 0.334 e. The summed E-state index contributed by atoms with van der Waals surface area (Å²) in [7, 11) is 1.23. The molecule has 0 unspecified atom stereocenters. The van der Waals surface area contributed by atoms with Crippen molar-refractivity contribution in [3.05, 3.63) is 62.6 Å². The van der Waals surface area contributed by atoms with E-state index in [1.54, 1.807) is 4.57 Å². The topological polar surface area (TPSA) is 130 Å². The average Bonchev–Trinajstić information content (AvgIpc) is 3.23. The molecule has 3 heterocycles. The maximum atomic E-state index is 12.7. The van der Waals surface area contributed by atoms with Crippen LogP contribution in [0, 0.1) is 0 Å². The summed E-state index contributed by atoms with van der Waals surface area (Å²) in [5.41, 5.74) is -0.0299. The number of hydrogen-bond donors (Lipinski definition) is 1. The highest BCUT2D eigenvalue weighted by atomic mass is 16.2. The van der Waals surface area contributed by atoms with Crippen LogP contribution < -0.4 is 11.2 Å². The van der Waals surface area contributed by atoms with Gasteiger partial charge in [-0.2, -0.15) is 0 Å². The number of aromatic nitrogens is 4. The van der Waals surface area contributed by atoms with Crippen LogP contribution in [0.1, 0.15) is 31.2 Å². The van der Waals surface area contributed by atoms with Gasteiger partial charge in [0.05, 0.1) is 13.1 Å². The summed E-state index contributed by atoms with van der Waals surface area (Å²) in [6.07, 6.45) is 1.53. The predicted octanol–water partition coefficient (Wildman–Crippen LogP) is 0.655. The monoisotopic (exact) mass is 438 g/mol. The Morgan fingerprint density at radius 3 is 2.28 bits per heavy atom. The van der Waals surface area contributed by atoms with E-state index >= 15 is 0 Å². The fourth-order valence-electron chi connectivity index (χ4n) is 3.70. The van der Waals surface area contributed by atoms with Gasteiger partial charge < -0.3 is 4.57 Å². The summed E-state index contributed by atoms with van der Waals surface area (Å²) in [6, 6.07) is 8.47. The summed E-state index contributed by atoms with van der Waals surface area (Å²) < 4.78 is 2.96. The van der Waals surface area contributed by atoms with Crippen LogP contribution in [-0.2, 0) is 29.2 Å². The Balaban J connectivity index is 1.86. The zero-order chi connectivity index (χ0) is 23.0. The van der Waals surface area contributed by atoms with Gasteiger partial charge in [0, 0.05) is 13.6 Å². The van der Waals surface area contributed by atoms with E-state index < -0.39 is 29.1 Å². The number of likely N-dealkylation sites (N-methyl/N-ethyl adjacent to an activating group) is 1. The Labute approximate surface area is 181 Å². The van der Waals surface area contributed by atoms with Gasteiger partial charge in [0.1, 0.15) is 5.82 Å². The molecule has 32 heavy (non-hydrogen) atoms. The van der Waals surface area contributed by atoms with Crippen molar-refractivity contribution in [2.24, 2.45) is 0 Å². The molecule has 1 aliphatic heterocycles. The Morgan fingerprint density at radius 1 is 0.938 bits per heavy atom. The SMILES string of the molecule is CCCCn1c(CN2C(=O)C(=O)N(C)C2=O)nc2c1c(=O)[nH]c(=O)n2Cc1ccccc1. The van der Waals surface area contributed by atoms with Crippen molar-refractivity contribution in [2.45, 2.75) is 39.4 Å². The fraction of sp³-hybridized carbons (Fsp3) is 0.333. The lowest BCUT2D eigenvalue weighted by molar-refractivity contribution is -0.143. The van der Waals surface area contributed by atoms with E-state index in [-0.39, 0.29) is 30.1 Å². The lowest BCUT2D eigenvalue weighted by Gasteiger charge is -2.14. The standard InChI is InChI=1S/C21H22N6O5/c1-3-4-10-25-14(12-27-19(30)18(29)24(2)21(27)32)22-16-15(25)17(28)23-20(31)26(16)11-13-8-6-5-7-9-13/h5-9H,3-4,10-12H2,1-2H3,(H,23,28,31). The van der Waals surface area contributed by atoms with Crippen LogP contribution >= 0.6 is 0 Å². The number of nitrogens with one attached hydrogen (secondary N) is 1. The van der Waals surface area contributed by atoms with Crippen LogP contribution in [0.15, 0.2) is 39.9 Å². The van der Waals surface area contributed by atoms with Crippen LogP contribution in [-0.4, -0.2) is 53.8 Å². The molecule has 2 aromatic heterocycles. The minimum Gasteiger partial charge on any atom is -0.321 e. The van der Waals surface area contributed by atoms with E-state index in [9.17, 15) is 24.0 Å². The van der Waals surface area contributed by atoms with E-state index in [0.717, 1.165) is 21.8 Å². The number of imidazole rings is 1. The molecule has 166 valence electrons. The Hall–Kier alpha value is -4.02. The molecule has 0 saturated carbocycles. The fourth-order valence-corrected chi connectivity index (χ4v) is 3.70. The molecule has 0 bridgehead atoms. The number of aromatic amines is 1. The molecular formula is C21H22N6O5. The number of carbonyl (C=O) groups is 3. The largest absolute Gasteiger partial charge is 0.334 e. The van der Waals surface area contributed by atoms with Crippen LogP contribution in [0.5, 0.6) is 0 Å². The molecule has 3 aromatic rings. The zero-order valence-corrected chi connectivity index (χ0v) is 17.7. The second-order valence-electron chi connectivity index (χ2n) is 7.57. The number of aryl methyl sites for hydroxylation is 1. The first-order chi connectivity index (χ1) is 15.3. The summed E-state index contributed by atoms with van der Waals surface area (Å²) in [4.78, 5) is 70.2. The number of urea groups is 1. The van der Waals surface area contributed by atoms with Crippen molar-refractivity contribution in [1.29, 1.82) is 0 Å². The minimum absolute atomic E-state index is 0.160. The van der Waals surface area contributed by atoms with Gasteiger partial charge in [-0.15, -0.1) is 0 Å². The number of unbranched alkanes of at least 4 members (excludes halogenated alkanes) is 1. The molecule has 0 aliphatic carbocycles. The van der Waals surface area contributed by atoms with Crippen molar-refractivity contribution in [3.8, 4) is 0 Å². The van der Waals surface area contributed by atoms with Crippen LogP contribution in [0.4, 0.5) is 4.79 Å². The van der Waals surface area contributed by atoms with E-state index in [2.05, 4.69) is 9.97 Å². The number of nitrogens with zero attached hydrogens (tertiary/aromatic N) is 5. The Morgan fingerprint density at radius 2 is 1.66 bits per heavy atom. The van der Waals surface area contributed by atoms with Gasteiger partial charge >= 0.3 is 23.5 Å². The molecule has 0 radical (unpaired) electrons. The van der Waals surface area contributed by atoms with Gasteiger partial charge in [-0.3, -0.25) is 28.8 Å². The molecule has 1 N–H and O–H groups in total. The van der Waals surface area contributed by atoms with E-state index in [1.807, 2.05) is 37.3 Å². The van der Waals surface area contributed by atoms with Gasteiger partial charge in [-0.25, -0.2) is 19.5 Å². The van der Waals surface area contributed by atoms with E-state index in [0.29, 0.717) is 13.0 Å². The van der Waals surface area contributed by atoms with E-state index in [4.69, 9.17) is 0 Å². The second kappa shape index (κ2) is 8.25. The third kappa shape index (κ3) is 3.51. The van der Waals surface area contributed by atoms with Gasteiger partial charge in [0.25, 0.3) is 5.56 Å². The number of imide groups is 2. The summed E-state index contributed by atoms with van der Waals surface area (Å²) in [6.45, 7) is 2.27. The predicted molar refractivity (Wildman–Crippen MR) is 114 cm³/mol. The quantitative estimate of drug-likeness (QED) is 0.426. The Kier molecular flexibility index (Phi) is 5.47. The smallest absolute Gasteiger partial charge is 0.321 e. The van der Waals surface area contributed by atoms with E-state index in [1.165, 1.54) is 11.6 Å². The molecule has 11 heteroatoms. The molecule has 0 spiro atoms. The van der Waals surface area contributed by atoms with Crippen molar-refractivity contribution < 1.29 is 14.4 Å². The van der Waals surface area contributed by atoms with Crippen LogP contribution in [0.2, 0.25) is 0 Å². The Bertz CT molecular complexity index is 1340. The highest BCUT2D eigenvalue weighted by Crippen LogP contribution is 2.19. The summed E-state index contributed by atoms with van der Waals surface area (Å²) >= 11 is 0. The number of carbonyl (C=O) groups excluding carboxylic acids is 3. The number of amides is 4. The van der Waals surface area contributed by atoms with Crippen molar-refractivity contribution in [2.75, 3.05) is 7.05 Å². The van der Waals surface area contributed by atoms with Crippen molar-refractivity contribution >= 4 is 29.0 Å². The highest BCUT2D eigenvalue weighted by Gasteiger charge is 2.42. The summed E-state index contributed by atoms with van der Waals surface area (Å²) in [5.74, 6) is -1.64. The average molecular weight is 438 g/mol. The highest BCUT2D eigenvalue weighted by molar-refractivity contribution is 6.44. The first-order valence-corrected chi connectivity index (χ1v) is 10.2. The number of fused-ring (bicyclic) bond motifs is 1. The van der Waals surface area contributed by atoms with Crippen LogP contribution in [0.25, 0.3) is 11.2 Å². The molecule has 1 aliphatic rings. The lowest BCUT2D eigenvalue weighted by Crippen LogP contribution is -2.32. The van der Waals surface area contributed by atoms with Gasteiger partial charge in [-0.1, -0.05) is 43.7 Å². The molecular weight excluding hydrogens is 416 g/mol. The second-order valence-corrected chi connectivity index (χ2v) is 7.57. The zero-order valence-electron chi connectivity index (χ0n) is 17.7. The van der Waals surface area contributed by atoms with Crippen LogP contribution in [0.3, 0.4) is 0 Å². The maximum absolute atomic E-state index is 12.7. The first kappa shape index (κ1) is 21.2. The van der Waals surface area contributed by atoms with Gasteiger partial charge in [-0.05, 0) is 12.0 Å². The molecule has 11 nitrogen and oxygen atoms in total. The molecule has 4 rings (SSSR count). The third-order valence-electron chi connectivity index (χ3n) is 5.43. The normalized spacial score (nSPS) is 14.2. The molecule has 4 amide bonds. The molecule has 1 fully saturated rings. The minimum atomic E-state index is -0.956. The molecule has 1 aromatic carbocycles. The van der Waals surface area contributed by atoms with Gasteiger partial charge in [0.15, 0.2) is 11.2 Å². The number of hydrogen-bond acceptors (Lipinski definition) is 6. The van der Waals surface area contributed by atoms with Crippen molar-refractivity contribution in [3.63, 3.8) is 0 Å².